The third-order valence-corrected chi connectivity index (χ3v) is 1.66. The Labute approximate surface area is 79.4 Å². The molecule has 0 bridgehead atoms. The largest absolute Gasteiger partial charge is 0.481 e. The smallest absolute Gasteiger partial charge is 0.377 e. The molecule has 0 heterocycles. The molecule has 0 aliphatic rings. The molecule has 0 saturated heterocycles. The average molecular weight is 228 g/mol. The van der Waals surface area contributed by atoms with Crippen molar-refractivity contribution < 1.29 is 29.0 Å². The Balaban J connectivity index is 3.65. The third-order valence-electron chi connectivity index (χ3n) is 0.992. The fourth-order valence-corrected chi connectivity index (χ4v) is 1.17. The van der Waals surface area contributed by atoms with Crippen molar-refractivity contribution in [2.45, 2.75) is 19.3 Å². The van der Waals surface area contributed by atoms with Crippen LogP contribution < -0.4 is 0 Å². The topological polar surface area (TPSA) is 104 Å². The Morgan fingerprint density at radius 1 is 1.31 bits per heavy atom. The van der Waals surface area contributed by atoms with E-state index in [0.717, 1.165) is 0 Å². The zero-order valence-electron chi connectivity index (χ0n) is 6.54. The molecular formula is C5H9O6PS. The summed E-state index contributed by atoms with van der Waals surface area (Å²) in [7, 11) is 0. The number of rotatable bonds is 5. The summed E-state index contributed by atoms with van der Waals surface area (Å²) in [5, 5.41) is 8.19. The van der Waals surface area contributed by atoms with Gasteiger partial charge in [-0.2, -0.15) is 0 Å². The summed E-state index contributed by atoms with van der Waals surface area (Å²) in [4.78, 5) is 37.7. The van der Waals surface area contributed by atoms with E-state index in [9.17, 15) is 9.59 Å². The standard InChI is InChI=1S/C5H9O6PS/c6-4(7)2-1-3-5(8)11-12(9,10)13/h1-3H2,(H,6,7)(H2,9,10,13). The lowest BCUT2D eigenvalue weighted by Crippen LogP contribution is -2.03. The van der Waals surface area contributed by atoms with Crippen LogP contribution in [0.4, 0.5) is 0 Å². The van der Waals surface area contributed by atoms with Crippen LogP contribution in [0.5, 0.6) is 0 Å². The molecule has 0 atom stereocenters. The number of carboxylic acid groups (broad SMARTS) is 1. The second-order valence-corrected chi connectivity index (χ2v) is 4.79. The highest BCUT2D eigenvalue weighted by Crippen LogP contribution is 2.36. The molecule has 0 fully saturated rings. The van der Waals surface area contributed by atoms with Crippen LogP contribution in [-0.2, 0) is 25.9 Å². The van der Waals surface area contributed by atoms with E-state index in [-0.39, 0.29) is 19.3 Å². The van der Waals surface area contributed by atoms with E-state index in [2.05, 4.69) is 16.3 Å². The lowest BCUT2D eigenvalue weighted by Gasteiger charge is -2.06. The van der Waals surface area contributed by atoms with Gasteiger partial charge in [0.05, 0.1) is 0 Å². The number of carbonyl (C=O) groups is 2. The lowest BCUT2D eigenvalue weighted by atomic mass is 10.2. The fourth-order valence-electron chi connectivity index (χ4n) is 0.562. The van der Waals surface area contributed by atoms with Gasteiger partial charge in [0.2, 0.25) is 0 Å². The summed E-state index contributed by atoms with van der Waals surface area (Å²) in [5.74, 6) is -1.92. The van der Waals surface area contributed by atoms with E-state index < -0.39 is 18.7 Å². The van der Waals surface area contributed by atoms with Gasteiger partial charge in [-0.25, -0.2) is 0 Å². The van der Waals surface area contributed by atoms with Crippen LogP contribution in [0, 0.1) is 0 Å². The van der Waals surface area contributed by atoms with E-state index in [0.29, 0.717) is 0 Å². The Morgan fingerprint density at radius 2 is 1.85 bits per heavy atom. The van der Waals surface area contributed by atoms with Gasteiger partial charge in [-0.05, 0) is 6.42 Å². The summed E-state index contributed by atoms with van der Waals surface area (Å²) in [5.41, 5.74) is 0. The van der Waals surface area contributed by atoms with Crippen molar-refractivity contribution in [3.8, 4) is 0 Å². The minimum atomic E-state index is -3.95. The van der Waals surface area contributed by atoms with Crippen molar-refractivity contribution in [2.75, 3.05) is 0 Å². The highest BCUT2D eigenvalue weighted by Gasteiger charge is 2.14. The number of carboxylic acids is 1. The number of hydrogen-bond donors (Lipinski definition) is 3. The molecular weight excluding hydrogens is 219 g/mol. The Morgan fingerprint density at radius 3 is 2.23 bits per heavy atom. The minimum Gasteiger partial charge on any atom is -0.481 e. The van der Waals surface area contributed by atoms with Crippen LogP contribution in [0.25, 0.3) is 0 Å². The van der Waals surface area contributed by atoms with E-state index in [1.54, 1.807) is 0 Å². The van der Waals surface area contributed by atoms with Gasteiger partial charge in [0, 0.05) is 24.6 Å². The molecule has 8 heteroatoms. The molecule has 0 radical (unpaired) electrons. The highest BCUT2D eigenvalue weighted by atomic mass is 32.5. The Hall–Kier alpha value is -0.490. The van der Waals surface area contributed by atoms with E-state index >= 15 is 0 Å². The van der Waals surface area contributed by atoms with Crippen molar-refractivity contribution >= 4 is 30.5 Å². The van der Waals surface area contributed by atoms with Gasteiger partial charge >= 0.3 is 18.7 Å². The van der Waals surface area contributed by atoms with Gasteiger partial charge < -0.3 is 19.4 Å². The van der Waals surface area contributed by atoms with Crippen molar-refractivity contribution in [3.05, 3.63) is 0 Å². The van der Waals surface area contributed by atoms with Gasteiger partial charge in [-0.3, -0.25) is 9.59 Å². The molecule has 0 amide bonds. The van der Waals surface area contributed by atoms with Crippen molar-refractivity contribution in [1.82, 2.24) is 0 Å². The van der Waals surface area contributed by atoms with Crippen LogP contribution in [0.3, 0.4) is 0 Å². The molecule has 0 aliphatic carbocycles. The second-order valence-electron chi connectivity index (χ2n) is 2.20. The van der Waals surface area contributed by atoms with Crippen LogP contribution in [0.1, 0.15) is 19.3 Å². The monoisotopic (exact) mass is 228 g/mol. The average Bonchev–Trinajstić information content (AvgIpc) is 1.81. The molecule has 0 saturated carbocycles. The summed E-state index contributed by atoms with van der Waals surface area (Å²) >= 11 is 4.03. The first-order valence-electron chi connectivity index (χ1n) is 3.31. The zero-order valence-corrected chi connectivity index (χ0v) is 8.25. The SMILES string of the molecule is O=C(O)CCCC(=O)OP(O)(O)=S. The molecule has 0 aromatic carbocycles. The van der Waals surface area contributed by atoms with E-state index in [1.807, 2.05) is 0 Å². The van der Waals surface area contributed by atoms with Crippen LogP contribution in [0.2, 0.25) is 0 Å². The molecule has 6 nitrogen and oxygen atoms in total. The number of carbonyl (C=O) groups excluding carboxylic acids is 1. The summed E-state index contributed by atoms with van der Waals surface area (Å²) in [6, 6.07) is 0. The minimum absolute atomic E-state index is 0.0868. The normalized spacial score (nSPS) is 10.9. The molecule has 76 valence electrons. The first-order valence-corrected chi connectivity index (χ1v) is 5.93. The zero-order chi connectivity index (χ0) is 10.5. The summed E-state index contributed by atoms with van der Waals surface area (Å²) in [6.45, 7) is -3.95. The van der Waals surface area contributed by atoms with Gasteiger partial charge in [-0.15, -0.1) is 0 Å². The fraction of sp³-hybridized carbons (Fsp3) is 0.600. The first-order chi connectivity index (χ1) is 5.81. The lowest BCUT2D eigenvalue weighted by molar-refractivity contribution is -0.137. The van der Waals surface area contributed by atoms with Crippen LogP contribution >= 0.6 is 6.72 Å². The van der Waals surface area contributed by atoms with Crippen molar-refractivity contribution in [2.24, 2.45) is 0 Å². The molecule has 0 unspecified atom stereocenters. The van der Waals surface area contributed by atoms with Gasteiger partial charge in [0.15, 0.2) is 0 Å². The maximum Gasteiger partial charge on any atom is 0.377 e. The van der Waals surface area contributed by atoms with Crippen molar-refractivity contribution in [3.63, 3.8) is 0 Å². The molecule has 0 spiro atoms. The van der Waals surface area contributed by atoms with E-state index in [4.69, 9.17) is 14.9 Å². The van der Waals surface area contributed by atoms with Gasteiger partial charge in [-0.1, -0.05) is 0 Å². The number of hydrogen-bond acceptors (Lipinski definition) is 4. The second kappa shape index (κ2) is 5.29. The van der Waals surface area contributed by atoms with Crippen LogP contribution in [-0.4, -0.2) is 26.8 Å². The summed E-state index contributed by atoms with van der Waals surface area (Å²) < 4.78 is 4.02. The quantitative estimate of drug-likeness (QED) is 0.568. The van der Waals surface area contributed by atoms with Gasteiger partial charge in [0.25, 0.3) is 0 Å². The predicted octanol–water partition coefficient (Wildman–Crippen LogP) is -0.00640. The predicted molar refractivity (Wildman–Crippen MR) is 46.3 cm³/mol. The number of aliphatic carboxylic acids is 1. The molecule has 3 N–H and O–H groups in total. The highest BCUT2D eigenvalue weighted by molar-refractivity contribution is 8.06. The Bertz CT molecular complexity index is 245. The van der Waals surface area contributed by atoms with Gasteiger partial charge in [0.1, 0.15) is 0 Å². The molecule has 0 rings (SSSR count). The Kier molecular flexibility index (Phi) is 5.09. The van der Waals surface area contributed by atoms with Crippen LogP contribution in [0.15, 0.2) is 0 Å². The molecule has 0 aromatic heterocycles. The summed E-state index contributed by atoms with van der Waals surface area (Å²) in [6.07, 6.45) is -0.274. The van der Waals surface area contributed by atoms with Crippen molar-refractivity contribution in [1.29, 1.82) is 0 Å². The van der Waals surface area contributed by atoms with E-state index in [1.165, 1.54) is 0 Å². The first kappa shape index (κ1) is 12.5. The third kappa shape index (κ3) is 9.42. The molecule has 0 aromatic rings. The molecule has 13 heavy (non-hydrogen) atoms. The molecule has 0 aliphatic heterocycles. The maximum absolute atomic E-state index is 10.7. The maximum atomic E-state index is 10.7.